The number of hydrogen-bond donors (Lipinski definition) is 2. The normalized spacial score (nSPS) is 11.1. The highest BCUT2D eigenvalue weighted by molar-refractivity contribution is 5.91. The molecule has 2 N–H and O–H groups in total. The van der Waals surface area contributed by atoms with Crippen LogP contribution in [0.15, 0.2) is 121 Å². The molecule has 0 atom stereocenters. The lowest BCUT2D eigenvalue weighted by atomic mass is 9.80. The minimum atomic E-state index is -1.11. The highest BCUT2D eigenvalue weighted by atomic mass is 16.7. The summed E-state index contributed by atoms with van der Waals surface area (Å²) in [5.74, 6) is -2.10. The summed E-state index contributed by atoms with van der Waals surface area (Å²) >= 11 is 0. The van der Waals surface area contributed by atoms with Crippen molar-refractivity contribution in [2.24, 2.45) is 0 Å². The van der Waals surface area contributed by atoms with E-state index in [0.29, 0.717) is 11.3 Å². The number of amides is 1. The van der Waals surface area contributed by atoms with Crippen molar-refractivity contribution in [3.63, 3.8) is 0 Å². The average Bonchev–Trinajstić information content (AvgIpc) is 3.01. The molecule has 0 fully saturated rings. The lowest BCUT2D eigenvalue weighted by molar-refractivity contribution is -0.139. The summed E-state index contributed by atoms with van der Waals surface area (Å²) in [5, 5.41) is 9.20. The number of nitrogens with one attached hydrogen (secondary N) is 1. The van der Waals surface area contributed by atoms with Crippen LogP contribution in [0.4, 0.5) is 5.69 Å². The van der Waals surface area contributed by atoms with Gasteiger partial charge in [-0.15, -0.1) is 0 Å². The first-order valence-electron chi connectivity index (χ1n) is 12.9. The minimum absolute atomic E-state index is 0.205. The standard InChI is InChI=1S/C33H30N2O6/c1-40-32(39)24-35(23-31(37)38)29-20-17-25(18-21-29)19-22-30(36)34-41-33(26-11-5-2-6-12-26,27-13-7-3-8-14-27)28-15-9-4-10-16-28/h2-22H,23-24H2,1H3,(H,34,36)(H,37,38). The Bertz CT molecular complexity index is 1380. The van der Waals surface area contributed by atoms with Crippen molar-refractivity contribution in [2.75, 3.05) is 25.1 Å². The molecule has 0 unspecified atom stereocenters. The molecule has 0 heterocycles. The lowest BCUT2D eigenvalue weighted by Crippen LogP contribution is -2.40. The first-order valence-corrected chi connectivity index (χ1v) is 12.9. The Hall–Kier alpha value is -5.21. The molecule has 1 amide bonds. The highest BCUT2D eigenvalue weighted by Crippen LogP contribution is 2.39. The zero-order valence-electron chi connectivity index (χ0n) is 22.5. The molecule has 0 spiro atoms. The van der Waals surface area contributed by atoms with Crippen molar-refractivity contribution >= 4 is 29.6 Å². The number of anilines is 1. The lowest BCUT2D eigenvalue weighted by Gasteiger charge is -2.34. The van der Waals surface area contributed by atoms with Gasteiger partial charge in [-0.2, -0.15) is 0 Å². The van der Waals surface area contributed by atoms with Crippen molar-refractivity contribution in [3.05, 3.63) is 144 Å². The molecule has 4 aromatic carbocycles. The number of rotatable bonds is 12. The van der Waals surface area contributed by atoms with Crippen LogP contribution in [0.25, 0.3) is 6.08 Å². The van der Waals surface area contributed by atoms with E-state index in [2.05, 4.69) is 10.2 Å². The molecule has 0 saturated heterocycles. The third-order valence-electron chi connectivity index (χ3n) is 6.40. The van der Waals surface area contributed by atoms with E-state index in [4.69, 9.17) is 4.84 Å². The van der Waals surface area contributed by atoms with Crippen molar-refractivity contribution in [2.45, 2.75) is 5.60 Å². The van der Waals surface area contributed by atoms with Crippen molar-refractivity contribution in [1.82, 2.24) is 5.48 Å². The summed E-state index contributed by atoms with van der Waals surface area (Å²) in [7, 11) is 1.24. The van der Waals surface area contributed by atoms with E-state index in [1.54, 1.807) is 30.3 Å². The Labute approximate surface area is 238 Å². The first kappa shape index (κ1) is 28.8. The third-order valence-corrected chi connectivity index (χ3v) is 6.40. The molecule has 0 aromatic heterocycles. The van der Waals surface area contributed by atoms with Crippen molar-refractivity contribution in [3.8, 4) is 0 Å². The molecular formula is C33H30N2O6. The number of benzene rings is 4. The Kier molecular flexibility index (Phi) is 9.64. The van der Waals surface area contributed by atoms with Gasteiger partial charge in [-0.05, 0) is 40.5 Å². The molecule has 0 aliphatic carbocycles. The second-order valence-electron chi connectivity index (χ2n) is 9.10. The molecule has 0 aliphatic rings. The van der Waals surface area contributed by atoms with Crippen LogP contribution in [0.3, 0.4) is 0 Å². The van der Waals surface area contributed by atoms with E-state index in [1.165, 1.54) is 18.1 Å². The molecule has 0 radical (unpaired) electrons. The monoisotopic (exact) mass is 550 g/mol. The fourth-order valence-corrected chi connectivity index (χ4v) is 4.45. The number of aliphatic carboxylic acids is 1. The Balaban J connectivity index is 1.55. The van der Waals surface area contributed by atoms with Gasteiger partial charge >= 0.3 is 11.9 Å². The second kappa shape index (κ2) is 13.7. The molecule has 0 bridgehead atoms. The van der Waals surface area contributed by atoms with Gasteiger partial charge in [-0.1, -0.05) is 103 Å². The smallest absolute Gasteiger partial charge is 0.325 e. The summed E-state index contributed by atoms with van der Waals surface area (Å²) in [4.78, 5) is 43.6. The molecular weight excluding hydrogens is 520 g/mol. The minimum Gasteiger partial charge on any atom is -0.480 e. The average molecular weight is 551 g/mol. The van der Waals surface area contributed by atoms with Gasteiger partial charge in [0.2, 0.25) is 0 Å². The molecule has 208 valence electrons. The van der Waals surface area contributed by atoms with E-state index in [0.717, 1.165) is 16.7 Å². The number of hydrogen-bond acceptors (Lipinski definition) is 6. The summed E-state index contributed by atoms with van der Waals surface area (Å²) in [6.45, 7) is -0.570. The van der Waals surface area contributed by atoms with Gasteiger partial charge in [0, 0.05) is 11.8 Å². The van der Waals surface area contributed by atoms with Crippen LogP contribution in [-0.4, -0.2) is 43.2 Å². The maximum atomic E-state index is 13.0. The van der Waals surface area contributed by atoms with Gasteiger partial charge in [0.25, 0.3) is 5.91 Å². The topological polar surface area (TPSA) is 105 Å². The number of ether oxygens (including phenoxy) is 1. The van der Waals surface area contributed by atoms with Crippen LogP contribution in [-0.2, 0) is 29.6 Å². The zero-order chi connectivity index (χ0) is 29.1. The number of carbonyl (C=O) groups is 3. The molecule has 4 aromatic rings. The maximum Gasteiger partial charge on any atom is 0.325 e. The first-order chi connectivity index (χ1) is 19.9. The molecule has 4 rings (SSSR count). The van der Waals surface area contributed by atoms with Crippen LogP contribution < -0.4 is 10.4 Å². The SMILES string of the molecule is COC(=O)CN(CC(=O)O)c1ccc(C=CC(=O)NOC(c2ccccc2)(c2ccccc2)c2ccccc2)cc1. The third kappa shape index (κ3) is 7.26. The van der Waals surface area contributed by atoms with Gasteiger partial charge < -0.3 is 14.7 Å². The number of carboxylic acids is 1. The maximum absolute atomic E-state index is 13.0. The van der Waals surface area contributed by atoms with Gasteiger partial charge in [-0.25, -0.2) is 5.48 Å². The number of carbonyl (C=O) groups excluding carboxylic acids is 2. The molecule has 0 saturated carbocycles. The zero-order valence-corrected chi connectivity index (χ0v) is 22.5. The van der Waals surface area contributed by atoms with Gasteiger partial charge in [0.05, 0.1) is 7.11 Å². The van der Waals surface area contributed by atoms with Crippen LogP contribution in [0, 0.1) is 0 Å². The highest BCUT2D eigenvalue weighted by Gasteiger charge is 2.38. The van der Waals surface area contributed by atoms with Crippen molar-refractivity contribution < 1.29 is 29.1 Å². The van der Waals surface area contributed by atoms with E-state index in [9.17, 15) is 19.5 Å². The number of hydroxylamine groups is 1. The molecule has 0 aliphatic heterocycles. The summed E-state index contributed by atoms with van der Waals surface area (Å²) in [6.07, 6.45) is 2.96. The fourth-order valence-electron chi connectivity index (χ4n) is 4.45. The second-order valence-corrected chi connectivity index (χ2v) is 9.10. The molecule has 8 nitrogen and oxygen atoms in total. The van der Waals surface area contributed by atoms with Gasteiger partial charge in [0.15, 0.2) is 5.60 Å². The van der Waals surface area contributed by atoms with Gasteiger partial charge in [0.1, 0.15) is 13.1 Å². The van der Waals surface area contributed by atoms with E-state index in [1.807, 2.05) is 91.0 Å². The number of esters is 1. The quantitative estimate of drug-likeness (QED) is 0.113. The van der Waals surface area contributed by atoms with E-state index < -0.39 is 23.4 Å². The van der Waals surface area contributed by atoms with Crippen LogP contribution in [0.1, 0.15) is 22.3 Å². The number of carboxylic acid groups (broad SMARTS) is 1. The summed E-state index contributed by atoms with van der Waals surface area (Å²) in [6, 6.07) is 35.8. The van der Waals surface area contributed by atoms with E-state index in [-0.39, 0.29) is 13.1 Å². The Morgan fingerprint density at radius 1 is 0.756 bits per heavy atom. The fraction of sp³-hybridized carbons (Fsp3) is 0.121. The summed E-state index contributed by atoms with van der Waals surface area (Å²) in [5.41, 5.74) is 5.26. The summed E-state index contributed by atoms with van der Waals surface area (Å²) < 4.78 is 4.66. The predicted octanol–water partition coefficient (Wildman–Crippen LogP) is 4.80. The molecule has 41 heavy (non-hydrogen) atoms. The number of nitrogens with zero attached hydrogens (tertiary/aromatic N) is 1. The van der Waals surface area contributed by atoms with Crippen LogP contribution in [0.5, 0.6) is 0 Å². The molecule has 8 heteroatoms. The number of methoxy groups -OCH3 is 1. The Morgan fingerprint density at radius 2 is 1.24 bits per heavy atom. The van der Waals surface area contributed by atoms with E-state index >= 15 is 0 Å². The van der Waals surface area contributed by atoms with Crippen molar-refractivity contribution in [1.29, 1.82) is 0 Å². The Morgan fingerprint density at radius 3 is 1.68 bits per heavy atom. The van der Waals surface area contributed by atoms with Crippen LogP contribution >= 0.6 is 0 Å². The largest absolute Gasteiger partial charge is 0.480 e. The van der Waals surface area contributed by atoms with Crippen LogP contribution in [0.2, 0.25) is 0 Å². The predicted molar refractivity (Wildman–Crippen MR) is 156 cm³/mol. The van der Waals surface area contributed by atoms with Gasteiger partial charge in [-0.3, -0.25) is 19.2 Å².